The van der Waals surface area contributed by atoms with Crippen LogP contribution in [0, 0.1) is 12.8 Å². The zero-order chi connectivity index (χ0) is 16.2. The topological polar surface area (TPSA) is 76.5 Å². The number of nitrogens with zero attached hydrogens (tertiary/aromatic N) is 3. The number of aromatic nitrogens is 2. The summed E-state index contributed by atoms with van der Waals surface area (Å²) in [6.45, 7) is 5.83. The van der Waals surface area contributed by atoms with Gasteiger partial charge < -0.3 is 14.2 Å². The number of aryl methyl sites for hydroxylation is 2. The molecular weight excluding hydrogens is 304 g/mol. The molecule has 0 aromatic carbocycles. The first-order valence-electron chi connectivity index (χ1n) is 7.63. The van der Waals surface area contributed by atoms with Gasteiger partial charge in [0.15, 0.2) is 5.03 Å². The van der Waals surface area contributed by atoms with Crippen molar-refractivity contribution < 1.29 is 13.2 Å². The van der Waals surface area contributed by atoms with Gasteiger partial charge in [-0.05, 0) is 32.2 Å². The molecule has 1 saturated heterocycles. The number of likely N-dealkylation sites (tertiary alicyclic amines) is 1. The summed E-state index contributed by atoms with van der Waals surface area (Å²) in [5.41, 5.74) is 0. The lowest BCUT2D eigenvalue weighted by Gasteiger charge is -2.32. The molecule has 0 spiro atoms. The van der Waals surface area contributed by atoms with Crippen LogP contribution >= 0.6 is 0 Å². The minimum atomic E-state index is -3.52. The second-order valence-electron chi connectivity index (χ2n) is 5.89. The molecule has 1 fully saturated rings. The lowest BCUT2D eigenvalue weighted by atomic mass is 9.98. The monoisotopic (exact) mass is 330 g/mol. The van der Waals surface area contributed by atoms with Gasteiger partial charge in [-0.2, -0.15) is 0 Å². The average Bonchev–Trinajstić information content (AvgIpc) is 2.84. The molecule has 22 heavy (non-hydrogen) atoms. The second-order valence-corrected chi connectivity index (χ2v) is 7.60. The van der Waals surface area contributed by atoms with E-state index in [4.69, 9.17) is 4.74 Å². The molecule has 1 aromatic rings. The van der Waals surface area contributed by atoms with Crippen LogP contribution < -0.4 is 4.72 Å². The molecule has 0 amide bonds. The molecule has 0 radical (unpaired) electrons. The van der Waals surface area contributed by atoms with Crippen LogP contribution in [0.1, 0.15) is 18.7 Å². The van der Waals surface area contributed by atoms with Gasteiger partial charge in [0, 0.05) is 40.0 Å². The highest BCUT2D eigenvalue weighted by atomic mass is 32.2. The SMILES string of the molecule is COCCN1CCC[C@H](CNS(=O)(=O)c2cn(C)c(C)n2)C1. The Labute approximate surface area is 132 Å². The third-order valence-electron chi connectivity index (χ3n) is 4.14. The van der Waals surface area contributed by atoms with Crippen LogP contribution in [0.15, 0.2) is 11.2 Å². The Bertz CT molecular complexity index is 565. The highest BCUT2D eigenvalue weighted by Crippen LogP contribution is 2.16. The minimum Gasteiger partial charge on any atom is -0.383 e. The number of ether oxygens (including phenoxy) is 1. The standard InChI is InChI=1S/C14H26N4O3S/c1-12-16-14(11-17(12)2)22(19,20)15-9-13-5-4-6-18(10-13)7-8-21-3/h11,13,15H,4-10H2,1-3H3/t13-/m1/s1. The van der Waals surface area contributed by atoms with Crippen molar-refractivity contribution in [2.45, 2.75) is 24.8 Å². The van der Waals surface area contributed by atoms with E-state index in [2.05, 4.69) is 14.6 Å². The number of sulfonamides is 1. The number of piperidine rings is 1. The number of hydrogen-bond donors (Lipinski definition) is 1. The van der Waals surface area contributed by atoms with Gasteiger partial charge in [-0.15, -0.1) is 0 Å². The molecule has 0 saturated carbocycles. The maximum atomic E-state index is 12.3. The van der Waals surface area contributed by atoms with Crippen molar-refractivity contribution in [3.05, 3.63) is 12.0 Å². The number of imidazole rings is 1. The molecule has 0 aliphatic carbocycles. The lowest BCUT2D eigenvalue weighted by molar-refractivity contribution is 0.115. The quantitative estimate of drug-likeness (QED) is 0.781. The zero-order valence-corrected chi connectivity index (χ0v) is 14.4. The van der Waals surface area contributed by atoms with Gasteiger partial charge in [-0.25, -0.2) is 18.1 Å². The van der Waals surface area contributed by atoms with E-state index in [1.165, 1.54) is 0 Å². The first-order chi connectivity index (χ1) is 10.4. The Morgan fingerprint density at radius 3 is 2.91 bits per heavy atom. The molecule has 1 atom stereocenters. The van der Waals surface area contributed by atoms with Gasteiger partial charge in [-0.1, -0.05) is 0 Å². The van der Waals surface area contributed by atoms with Crippen LogP contribution in [-0.2, 0) is 21.8 Å². The molecule has 0 bridgehead atoms. The molecule has 126 valence electrons. The van der Waals surface area contributed by atoms with Gasteiger partial charge >= 0.3 is 0 Å². The summed E-state index contributed by atoms with van der Waals surface area (Å²) < 4.78 is 34.1. The third kappa shape index (κ3) is 4.52. The highest BCUT2D eigenvalue weighted by molar-refractivity contribution is 7.89. The molecular formula is C14H26N4O3S. The summed E-state index contributed by atoms with van der Waals surface area (Å²) in [6.07, 6.45) is 3.69. The summed E-state index contributed by atoms with van der Waals surface area (Å²) in [7, 11) is -0.0342. The molecule has 0 unspecified atom stereocenters. The van der Waals surface area contributed by atoms with Gasteiger partial charge in [0.25, 0.3) is 10.0 Å². The maximum Gasteiger partial charge on any atom is 0.259 e. The predicted molar refractivity (Wildman–Crippen MR) is 84.2 cm³/mol. The molecule has 8 heteroatoms. The van der Waals surface area contributed by atoms with Crippen LogP contribution in [0.2, 0.25) is 0 Å². The number of methoxy groups -OCH3 is 1. The Morgan fingerprint density at radius 2 is 2.27 bits per heavy atom. The first kappa shape index (κ1) is 17.4. The molecule has 1 N–H and O–H groups in total. The number of hydrogen-bond acceptors (Lipinski definition) is 5. The van der Waals surface area contributed by atoms with E-state index < -0.39 is 10.0 Å². The van der Waals surface area contributed by atoms with Crippen LogP contribution in [0.3, 0.4) is 0 Å². The second kappa shape index (κ2) is 7.54. The minimum absolute atomic E-state index is 0.0968. The highest BCUT2D eigenvalue weighted by Gasteiger charge is 2.23. The predicted octanol–water partition coefficient (Wildman–Crippen LogP) is 0.365. The zero-order valence-electron chi connectivity index (χ0n) is 13.6. The van der Waals surface area contributed by atoms with Gasteiger partial charge in [0.1, 0.15) is 5.82 Å². The summed E-state index contributed by atoms with van der Waals surface area (Å²) in [5, 5.41) is 0.0968. The van der Waals surface area contributed by atoms with E-state index >= 15 is 0 Å². The smallest absolute Gasteiger partial charge is 0.259 e. The summed E-state index contributed by atoms with van der Waals surface area (Å²) in [6, 6.07) is 0. The summed E-state index contributed by atoms with van der Waals surface area (Å²) in [4.78, 5) is 6.42. The fourth-order valence-corrected chi connectivity index (χ4v) is 3.85. The molecule has 1 aliphatic rings. The van der Waals surface area contributed by atoms with Crippen molar-refractivity contribution in [2.75, 3.05) is 39.9 Å². The normalized spacial score (nSPS) is 20.4. The molecule has 1 aromatic heterocycles. The van der Waals surface area contributed by atoms with E-state index in [1.54, 1.807) is 31.8 Å². The van der Waals surface area contributed by atoms with E-state index in [1.807, 2.05) is 0 Å². The van der Waals surface area contributed by atoms with Crippen LogP contribution in [0.25, 0.3) is 0 Å². The van der Waals surface area contributed by atoms with Crippen molar-refractivity contribution in [3.8, 4) is 0 Å². The molecule has 1 aliphatic heterocycles. The molecule has 2 heterocycles. The van der Waals surface area contributed by atoms with Crippen molar-refractivity contribution >= 4 is 10.0 Å². The van der Waals surface area contributed by atoms with E-state index in [-0.39, 0.29) is 5.03 Å². The molecule has 2 rings (SSSR count). The fourth-order valence-electron chi connectivity index (χ4n) is 2.70. The summed E-state index contributed by atoms with van der Waals surface area (Å²) >= 11 is 0. The van der Waals surface area contributed by atoms with Crippen molar-refractivity contribution in [1.82, 2.24) is 19.2 Å². The van der Waals surface area contributed by atoms with E-state index in [9.17, 15) is 8.42 Å². The van der Waals surface area contributed by atoms with Crippen molar-refractivity contribution in [1.29, 1.82) is 0 Å². The Morgan fingerprint density at radius 1 is 1.50 bits per heavy atom. The number of nitrogens with one attached hydrogen (secondary N) is 1. The van der Waals surface area contributed by atoms with Crippen LogP contribution in [0.4, 0.5) is 0 Å². The first-order valence-corrected chi connectivity index (χ1v) is 9.11. The van der Waals surface area contributed by atoms with Crippen molar-refractivity contribution in [3.63, 3.8) is 0 Å². The van der Waals surface area contributed by atoms with Gasteiger partial charge in [0.2, 0.25) is 0 Å². The third-order valence-corrected chi connectivity index (χ3v) is 5.43. The van der Waals surface area contributed by atoms with Crippen molar-refractivity contribution in [2.24, 2.45) is 13.0 Å². The Balaban J connectivity index is 1.88. The largest absolute Gasteiger partial charge is 0.383 e. The summed E-state index contributed by atoms with van der Waals surface area (Å²) in [5.74, 6) is 1.02. The van der Waals surface area contributed by atoms with Crippen LogP contribution in [-0.4, -0.2) is 62.8 Å². The average molecular weight is 330 g/mol. The lowest BCUT2D eigenvalue weighted by Crippen LogP contribution is -2.42. The number of rotatable bonds is 7. The van der Waals surface area contributed by atoms with Gasteiger partial charge in [-0.3, -0.25) is 0 Å². The Kier molecular flexibility index (Phi) is 5.96. The molecule has 7 nitrogen and oxygen atoms in total. The van der Waals surface area contributed by atoms with Crippen LogP contribution in [0.5, 0.6) is 0 Å². The fraction of sp³-hybridized carbons (Fsp3) is 0.786. The van der Waals surface area contributed by atoms with Gasteiger partial charge in [0.05, 0.1) is 6.61 Å². The maximum absolute atomic E-state index is 12.3. The Hall–Kier alpha value is -0.960. The van der Waals surface area contributed by atoms with E-state index in [0.29, 0.717) is 24.9 Å². The van der Waals surface area contributed by atoms with E-state index in [0.717, 1.165) is 32.5 Å².